The summed E-state index contributed by atoms with van der Waals surface area (Å²) in [7, 11) is 0.830. The van der Waals surface area contributed by atoms with Crippen molar-refractivity contribution in [3.63, 3.8) is 0 Å². The summed E-state index contributed by atoms with van der Waals surface area (Å²) in [5.41, 5.74) is 1.92. The number of allylic oxidation sites excluding steroid dienone is 2. The second-order valence-electron chi connectivity index (χ2n) is 6.67. The predicted molar refractivity (Wildman–Crippen MR) is 78.9 cm³/mol. The van der Waals surface area contributed by atoms with Crippen LogP contribution in [0.25, 0.3) is 0 Å². The molecule has 2 unspecified atom stereocenters. The first-order valence-corrected chi connectivity index (χ1v) is 7.93. The molecule has 1 aliphatic carbocycles. The molecule has 1 rings (SSSR count). The summed E-state index contributed by atoms with van der Waals surface area (Å²) >= 11 is 0. The summed E-state index contributed by atoms with van der Waals surface area (Å²) in [5, 5.41) is 0. The van der Waals surface area contributed by atoms with Crippen molar-refractivity contribution in [2.24, 2.45) is 17.3 Å². The maximum Gasteiger partial charge on any atom is 0.203 e. The van der Waals surface area contributed by atoms with Gasteiger partial charge in [-0.15, -0.1) is 0 Å². The molecule has 0 saturated carbocycles. The van der Waals surface area contributed by atoms with Gasteiger partial charge in [-0.1, -0.05) is 40.5 Å². The molecular formula is C15H30OSi. The van der Waals surface area contributed by atoms with Gasteiger partial charge < -0.3 is 4.43 Å². The summed E-state index contributed by atoms with van der Waals surface area (Å²) < 4.78 is 5.74. The molecule has 1 nitrogen and oxygen atoms in total. The Labute approximate surface area is 111 Å². The zero-order chi connectivity index (χ0) is 13.1. The molecular weight excluding hydrogens is 224 g/mol. The summed E-state index contributed by atoms with van der Waals surface area (Å²) in [6.45, 7) is 11.9. The molecule has 0 bridgehead atoms. The Balaban J connectivity index is 2.99. The van der Waals surface area contributed by atoms with E-state index in [1.165, 1.54) is 37.0 Å². The molecule has 0 fully saturated rings. The molecule has 0 aromatic carbocycles. The molecule has 0 aromatic heterocycles. The highest BCUT2D eigenvalue weighted by Gasteiger charge is 2.31. The third kappa shape index (κ3) is 3.87. The summed E-state index contributed by atoms with van der Waals surface area (Å²) in [6, 6.07) is 0. The minimum atomic E-state index is 0.404. The van der Waals surface area contributed by atoms with Crippen molar-refractivity contribution in [2.75, 3.05) is 0 Å². The highest BCUT2D eigenvalue weighted by molar-refractivity contribution is 5.98. The van der Waals surface area contributed by atoms with E-state index in [1.54, 1.807) is 0 Å². The van der Waals surface area contributed by atoms with Gasteiger partial charge >= 0.3 is 0 Å². The van der Waals surface area contributed by atoms with E-state index >= 15 is 0 Å². The quantitative estimate of drug-likeness (QED) is 0.646. The predicted octanol–water partition coefficient (Wildman–Crippen LogP) is 3.82. The lowest BCUT2D eigenvalue weighted by molar-refractivity contribution is 0.169. The molecule has 0 N–H and O–H groups in total. The van der Waals surface area contributed by atoms with Gasteiger partial charge in [-0.05, 0) is 42.6 Å². The number of hydrogen-bond acceptors (Lipinski definition) is 1. The van der Waals surface area contributed by atoms with Crippen LogP contribution in [-0.2, 0) is 4.43 Å². The van der Waals surface area contributed by atoms with Gasteiger partial charge in [-0.2, -0.15) is 0 Å². The molecule has 0 aromatic rings. The standard InChI is InChI=1S/C15H30OSi/c1-11-12(2)14(16-17)10-8-6-7-9-13(11)15(3,4)5/h11,13H,6-10H2,1-5,17H3. The fourth-order valence-electron chi connectivity index (χ4n) is 3.28. The van der Waals surface area contributed by atoms with Gasteiger partial charge in [0.25, 0.3) is 0 Å². The molecule has 100 valence electrons. The smallest absolute Gasteiger partial charge is 0.203 e. The third-order valence-electron chi connectivity index (χ3n) is 4.50. The Morgan fingerprint density at radius 2 is 1.82 bits per heavy atom. The molecule has 0 heterocycles. The van der Waals surface area contributed by atoms with Crippen LogP contribution in [0.5, 0.6) is 0 Å². The lowest BCUT2D eigenvalue weighted by Crippen LogP contribution is -2.27. The van der Waals surface area contributed by atoms with Crippen molar-refractivity contribution in [3.8, 4) is 0 Å². The molecule has 2 atom stereocenters. The van der Waals surface area contributed by atoms with Crippen molar-refractivity contribution < 1.29 is 4.43 Å². The van der Waals surface area contributed by atoms with Crippen molar-refractivity contribution in [1.82, 2.24) is 0 Å². The fraction of sp³-hybridized carbons (Fsp3) is 0.867. The van der Waals surface area contributed by atoms with E-state index in [4.69, 9.17) is 4.43 Å². The number of rotatable bonds is 1. The first kappa shape index (κ1) is 14.8. The Kier molecular flexibility index (Phi) is 5.30. The molecule has 0 spiro atoms. The van der Waals surface area contributed by atoms with Crippen LogP contribution in [0.1, 0.15) is 66.7 Å². The van der Waals surface area contributed by atoms with Gasteiger partial charge in [0.2, 0.25) is 10.5 Å². The number of hydrogen-bond donors (Lipinski definition) is 0. The second-order valence-corrected chi connectivity index (χ2v) is 7.08. The van der Waals surface area contributed by atoms with E-state index in [0.29, 0.717) is 11.3 Å². The zero-order valence-electron chi connectivity index (χ0n) is 12.6. The summed E-state index contributed by atoms with van der Waals surface area (Å²) in [4.78, 5) is 0. The molecule has 17 heavy (non-hydrogen) atoms. The van der Waals surface area contributed by atoms with Crippen LogP contribution < -0.4 is 0 Å². The lowest BCUT2D eigenvalue weighted by atomic mass is 9.69. The SMILES string of the molecule is CC1=C(O[SiH3])CCCCCC(C(C)(C)C)C1C. The van der Waals surface area contributed by atoms with Gasteiger partial charge in [0, 0.05) is 6.42 Å². The van der Waals surface area contributed by atoms with Crippen molar-refractivity contribution >= 4 is 10.5 Å². The Morgan fingerprint density at radius 3 is 2.35 bits per heavy atom. The van der Waals surface area contributed by atoms with Crippen LogP contribution in [0.15, 0.2) is 11.3 Å². The van der Waals surface area contributed by atoms with Crippen LogP contribution in [0.2, 0.25) is 0 Å². The second kappa shape index (κ2) is 6.08. The van der Waals surface area contributed by atoms with E-state index in [-0.39, 0.29) is 0 Å². The van der Waals surface area contributed by atoms with Crippen LogP contribution in [0.3, 0.4) is 0 Å². The first-order chi connectivity index (χ1) is 7.88. The molecule has 0 amide bonds. The van der Waals surface area contributed by atoms with Gasteiger partial charge in [0.15, 0.2) is 0 Å². The van der Waals surface area contributed by atoms with E-state index < -0.39 is 0 Å². The average molecular weight is 254 g/mol. The zero-order valence-corrected chi connectivity index (χ0v) is 14.6. The van der Waals surface area contributed by atoms with Crippen LogP contribution >= 0.6 is 0 Å². The highest BCUT2D eigenvalue weighted by atomic mass is 28.2. The van der Waals surface area contributed by atoms with Crippen LogP contribution in [-0.4, -0.2) is 10.5 Å². The van der Waals surface area contributed by atoms with Crippen LogP contribution in [0.4, 0.5) is 0 Å². The largest absolute Gasteiger partial charge is 0.556 e. The van der Waals surface area contributed by atoms with Crippen molar-refractivity contribution in [2.45, 2.75) is 66.7 Å². The minimum Gasteiger partial charge on any atom is -0.556 e. The average Bonchev–Trinajstić information content (AvgIpc) is 2.30. The van der Waals surface area contributed by atoms with Crippen LogP contribution in [0, 0.1) is 17.3 Å². The summed E-state index contributed by atoms with van der Waals surface area (Å²) in [5.74, 6) is 2.75. The topological polar surface area (TPSA) is 9.23 Å². The van der Waals surface area contributed by atoms with E-state index in [2.05, 4.69) is 34.6 Å². The normalized spacial score (nSPS) is 28.5. The molecule has 0 aliphatic heterocycles. The monoisotopic (exact) mass is 254 g/mol. The van der Waals surface area contributed by atoms with E-state index in [9.17, 15) is 0 Å². The lowest BCUT2D eigenvalue weighted by Gasteiger charge is -2.36. The van der Waals surface area contributed by atoms with Gasteiger partial charge in [0.1, 0.15) is 0 Å². The molecule has 0 saturated heterocycles. The molecule has 2 heteroatoms. The van der Waals surface area contributed by atoms with Gasteiger partial charge in [-0.3, -0.25) is 0 Å². The molecule has 0 radical (unpaired) electrons. The maximum absolute atomic E-state index is 5.74. The Hall–Kier alpha value is -0.243. The summed E-state index contributed by atoms with van der Waals surface area (Å²) in [6.07, 6.45) is 6.58. The first-order valence-electron chi connectivity index (χ1n) is 7.11. The van der Waals surface area contributed by atoms with Crippen molar-refractivity contribution in [1.29, 1.82) is 0 Å². The molecule has 1 aliphatic rings. The van der Waals surface area contributed by atoms with Gasteiger partial charge in [-0.25, -0.2) is 0 Å². The Morgan fingerprint density at radius 1 is 1.18 bits per heavy atom. The van der Waals surface area contributed by atoms with Crippen molar-refractivity contribution in [3.05, 3.63) is 11.3 Å². The fourth-order valence-corrected chi connectivity index (χ4v) is 3.80. The Bertz CT molecular complexity index is 275. The minimum absolute atomic E-state index is 0.404. The van der Waals surface area contributed by atoms with E-state index in [0.717, 1.165) is 22.8 Å². The van der Waals surface area contributed by atoms with E-state index in [1.807, 2.05) is 0 Å². The third-order valence-corrected chi connectivity index (χ3v) is 5.00. The van der Waals surface area contributed by atoms with Gasteiger partial charge in [0.05, 0.1) is 5.76 Å². The maximum atomic E-state index is 5.74. The highest BCUT2D eigenvalue weighted by Crippen LogP contribution is 2.41.